The summed E-state index contributed by atoms with van der Waals surface area (Å²) in [4.78, 5) is 24.3. The summed E-state index contributed by atoms with van der Waals surface area (Å²) < 4.78 is 0. The van der Waals surface area contributed by atoms with Crippen LogP contribution in [0.5, 0.6) is 0 Å². The molecule has 0 saturated carbocycles. The van der Waals surface area contributed by atoms with E-state index in [4.69, 9.17) is 0 Å². The Hall–Kier alpha value is -2.43. The molecule has 2 aromatic rings. The molecule has 0 bridgehead atoms. The number of H-pyrrole nitrogens is 1. The van der Waals surface area contributed by atoms with Gasteiger partial charge < -0.3 is 0 Å². The van der Waals surface area contributed by atoms with Crippen molar-refractivity contribution in [2.75, 3.05) is 11.4 Å². The zero-order valence-electron chi connectivity index (χ0n) is 10.5. The molecule has 2 heterocycles. The first kappa shape index (κ1) is 11.6. The van der Waals surface area contributed by atoms with Crippen LogP contribution in [0.3, 0.4) is 0 Å². The van der Waals surface area contributed by atoms with Crippen LogP contribution in [0.4, 0.5) is 5.82 Å². The number of aromatic nitrogens is 2. The van der Waals surface area contributed by atoms with Crippen molar-refractivity contribution >= 4 is 17.5 Å². The van der Waals surface area contributed by atoms with Crippen molar-refractivity contribution in [2.24, 2.45) is 0 Å². The number of amides is 1. The van der Waals surface area contributed by atoms with E-state index in [0.717, 1.165) is 16.8 Å². The number of hydrogen-bond donors (Lipinski definition) is 1. The normalized spacial score (nSPS) is 15.3. The molecule has 0 atom stereocenters. The molecule has 0 aliphatic carbocycles. The van der Waals surface area contributed by atoms with Crippen LogP contribution in [0.25, 0.3) is 11.3 Å². The molecule has 1 saturated heterocycles. The van der Waals surface area contributed by atoms with E-state index in [1.807, 2.05) is 31.2 Å². The molecule has 3 rings (SSSR count). The summed E-state index contributed by atoms with van der Waals surface area (Å²) in [5, 5.41) is 7.05. The van der Waals surface area contributed by atoms with Gasteiger partial charge in [-0.3, -0.25) is 19.6 Å². The average Bonchev–Trinajstić information content (AvgIpc) is 2.96. The zero-order valence-corrected chi connectivity index (χ0v) is 10.5. The Morgan fingerprint density at radius 1 is 1.26 bits per heavy atom. The lowest BCUT2D eigenvalue weighted by Crippen LogP contribution is -2.24. The van der Waals surface area contributed by atoms with E-state index in [1.54, 1.807) is 6.07 Å². The van der Waals surface area contributed by atoms with Crippen LogP contribution in [-0.2, 0) is 9.59 Å². The van der Waals surface area contributed by atoms with Crippen LogP contribution in [0.1, 0.15) is 12.0 Å². The van der Waals surface area contributed by atoms with Gasteiger partial charge in [0.1, 0.15) is 0 Å². The van der Waals surface area contributed by atoms with Gasteiger partial charge in [-0.05, 0) is 12.5 Å². The van der Waals surface area contributed by atoms with Crippen LogP contribution in [0.15, 0.2) is 30.3 Å². The first-order chi connectivity index (χ1) is 9.15. The highest BCUT2D eigenvalue weighted by Gasteiger charge is 2.30. The SMILES string of the molecule is Cc1ccccc1-c1cc(N2CC(=O)CC2=O)n[nH]1. The van der Waals surface area contributed by atoms with Crippen molar-refractivity contribution in [3.05, 3.63) is 35.9 Å². The standard InChI is InChI=1S/C14H13N3O2/c1-9-4-2-3-5-11(9)12-7-13(16-15-12)17-8-10(18)6-14(17)19/h2-5,7H,6,8H2,1H3,(H,15,16). The fraction of sp³-hybridized carbons (Fsp3) is 0.214. The Balaban J connectivity index is 1.94. The van der Waals surface area contributed by atoms with E-state index in [-0.39, 0.29) is 24.7 Å². The number of carbonyl (C=O) groups excluding carboxylic acids is 2. The van der Waals surface area contributed by atoms with Gasteiger partial charge in [-0.15, -0.1) is 0 Å². The number of aryl methyl sites for hydroxylation is 1. The van der Waals surface area contributed by atoms with E-state index in [2.05, 4.69) is 10.2 Å². The summed E-state index contributed by atoms with van der Waals surface area (Å²) in [6, 6.07) is 9.73. The minimum absolute atomic E-state index is 0.0213. The van der Waals surface area contributed by atoms with Gasteiger partial charge in [0.2, 0.25) is 5.91 Å². The van der Waals surface area contributed by atoms with Gasteiger partial charge in [0.05, 0.1) is 18.7 Å². The number of benzene rings is 1. The highest BCUT2D eigenvalue weighted by Crippen LogP contribution is 2.26. The molecule has 1 fully saturated rings. The number of nitrogens with one attached hydrogen (secondary N) is 1. The van der Waals surface area contributed by atoms with Gasteiger partial charge in [0, 0.05) is 11.6 Å². The second-order valence-corrected chi connectivity index (χ2v) is 4.65. The van der Waals surface area contributed by atoms with Crippen LogP contribution in [-0.4, -0.2) is 28.4 Å². The Kier molecular flexibility index (Phi) is 2.67. The molecule has 5 heteroatoms. The third-order valence-electron chi connectivity index (χ3n) is 3.26. The van der Waals surface area contributed by atoms with E-state index >= 15 is 0 Å². The van der Waals surface area contributed by atoms with Gasteiger partial charge in [0.15, 0.2) is 11.6 Å². The van der Waals surface area contributed by atoms with E-state index in [1.165, 1.54) is 4.90 Å². The lowest BCUT2D eigenvalue weighted by atomic mass is 10.1. The molecule has 1 aromatic carbocycles. The predicted molar refractivity (Wildman–Crippen MR) is 70.7 cm³/mol. The van der Waals surface area contributed by atoms with Crippen molar-refractivity contribution in [1.82, 2.24) is 10.2 Å². The smallest absolute Gasteiger partial charge is 0.236 e. The second kappa shape index (κ2) is 4.35. The Bertz CT molecular complexity index is 660. The number of Topliss-reactive ketones (excluding diaryl/α,β-unsaturated/α-hetero) is 1. The average molecular weight is 255 g/mol. The van der Waals surface area contributed by atoms with Crippen molar-refractivity contribution < 1.29 is 9.59 Å². The molecule has 0 spiro atoms. The third-order valence-corrected chi connectivity index (χ3v) is 3.26. The van der Waals surface area contributed by atoms with Crippen LogP contribution < -0.4 is 4.90 Å². The molecular formula is C14H13N3O2. The molecule has 96 valence electrons. The lowest BCUT2D eigenvalue weighted by molar-refractivity contribution is -0.121. The fourth-order valence-electron chi connectivity index (χ4n) is 2.26. The maximum atomic E-state index is 11.6. The van der Waals surface area contributed by atoms with E-state index in [0.29, 0.717) is 5.82 Å². The van der Waals surface area contributed by atoms with Crippen molar-refractivity contribution in [1.29, 1.82) is 0 Å². The Morgan fingerprint density at radius 3 is 2.74 bits per heavy atom. The van der Waals surface area contributed by atoms with Crippen LogP contribution in [0, 0.1) is 6.92 Å². The number of anilines is 1. The monoisotopic (exact) mass is 255 g/mol. The van der Waals surface area contributed by atoms with Crippen molar-refractivity contribution in [2.45, 2.75) is 13.3 Å². The molecule has 1 aliphatic rings. The number of rotatable bonds is 2. The largest absolute Gasteiger partial charge is 0.297 e. The Labute approximate surface area is 110 Å². The quantitative estimate of drug-likeness (QED) is 0.830. The maximum Gasteiger partial charge on any atom is 0.236 e. The fourth-order valence-corrected chi connectivity index (χ4v) is 2.26. The summed E-state index contributed by atoms with van der Waals surface area (Å²) in [7, 11) is 0. The summed E-state index contributed by atoms with van der Waals surface area (Å²) in [6.45, 7) is 2.14. The number of nitrogens with zero attached hydrogens (tertiary/aromatic N) is 2. The van der Waals surface area contributed by atoms with Gasteiger partial charge in [0.25, 0.3) is 0 Å². The van der Waals surface area contributed by atoms with Crippen molar-refractivity contribution in [3.63, 3.8) is 0 Å². The maximum absolute atomic E-state index is 11.6. The summed E-state index contributed by atoms with van der Waals surface area (Å²) >= 11 is 0. The zero-order chi connectivity index (χ0) is 13.4. The minimum Gasteiger partial charge on any atom is -0.297 e. The molecule has 1 N–H and O–H groups in total. The summed E-state index contributed by atoms with van der Waals surface area (Å²) in [5.74, 6) is 0.257. The third kappa shape index (κ3) is 2.03. The minimum atomic E-state index is -0.187. The van der Waals surface area contributed by atoms with E-state index < -0.39 is 0 Å². The highest BCUT2D eigenvalue weighted by molar-refractivity contribution is 6.14. The first-order valence-electron chi connectivity index (χ1n) is 6.08. The molecular weight excluding hydrogens is 242 g/mol. The molecule has 0 radical (unpaired) electrons. The topological polar surface area (TPSA) is 66.1 Å². The molecule has 1 aromatic heterocycles. The van der Waals surface area contributed by atoms with E-state index in [9.17, 15) is 9.59 Å². The predicted octanol–water partition coefficient (Wildman–Crippen LogP) is 1.69. The second-order valence-electron chi connectivity index (χ2n) is 4.65. The van der Waals surface area contributed by atoms with Crippen LogP contribution >= 0.6 is 0 Å². The summed E-state index contributed by atoms with van der Waals surface area (Å²) in [6.07, 6.45) is -0.0213. The van der Waals surface area contributed by atoms with Crippen LogP contribution in [0.2, 0.25) is 0 Å². The molecule has 19 heavy (non-hydrogen) atoms. The molecule has 0 unspecified atom stereocenters. The molecule has 5 nitrogen and oxygen atoms in total. The first-order valence-corrected chi connectivity index (χ1v) is 6.08. The van der Waals surface area contributed by atoms with Gasteiger partial charge >= 0.3 is 0 Å². The van der Waals surface area contributed by atoms with Gasteiger partial charge in [-0.1, -0.05) is 24.3 Å². The summed E-state index contributed by atoms with van der Waals surface area (Å²) in [5.41, 5.74) is 3.01. The Morgan fingerprint density at radius 2 is 2.05 bits per heavy atom. The highest BCUT2D eigenvalue weighted by atomic mass is 16.2. The van der Waals surface area contributed by atoms with Gasteiger partial charge in [-0.25, -0.2) is 0 Å². The van der Waals surface area contributed by atoms with Gasteiger partial charge in [-0.2, -0.15) is 5.10 Å². The van der Waals surface area contributed by atoms with Crippen molar-refractivity contribution in [3.8, 4) is 11.3 Å². The number of carbonyl (C=O) groups is 2. The number of hydrogen-bond acceptors (Lipinski definition) is 3. The molecule has 1 aliphatic heterocycles. The molecule has 1 amide bonds. The number of ketones is 1. The number of aromatic amines is 1. The lowest BCUT2D eigenvalue weighted by Gasteiger charge is -2.09.